The Bertz CT molecular complexity index is 839. The molecule has 0 spiro atoms. The molecule has 1 N–H and O–H groups in total. The van der Waals surface area contributed by atoms with Crippen molar-refractivity contribution in [2.24, 2.45) is 5.92 Å². The first-order valence-electron chi connectivity index (χ1n) is 9.06. The average molecular weight is 361 g/mol. The van der Waals surface area contributed by atoms with E-state index in [1.807, 2.05) is 0 Å². The molecule has 0 bridgehead atoms. The Morgan fingerprint density at radius 2 is 2.08 bits per heavy atom. The van der Waals surface area contributed by atoms with Crippen molar-refractivity contribution in [1.29, 1.82) is 0 Å². The van der Waals surface area contributed by atoms with Gasteiger partial charge in [0.15, 0.2) is 0 Å². The molecule has 1 atom stereocenters. The van der Waals surface area contributed by atoms with Gasteiger partial charge in [0, 0.05) is 25.3 Å². The van der Waals surface area contributed by atoms with E-state index in [-0.39, 0.29) is 23.1 Å². The van der Waals surface area contributed by atoms with Crippen LogP contribution in [0.1, 0.15) is 55.8 Å². The molecule has 1 aliphatic heterocycles. The molecule has 3 heterocycles. The second-order valence-electron chi connectivity index (χ2n) is 7.20. The number of amides is 1. The summed E-state index contributed by atoms with van der Waals surface area (Å²) in [6, 6.07) is 0.174. The summed E-state index contributed by atoms with van der Waals surface area (Å²) in [6.07, 6.45) is 7.98. The van der Waals surface area contributed by atoms with Gasteiger partial charge in [-0.25, -0.2) is 4.98 Å². The number of fused-ring (bicyclic) bond motifs is 1. The van der Waals surface area contributed by atoms with E-state index < -0.39 is 0 Å². The van der Waals surface area contributed by atoms with Crippen molar-refractivity contribution in [3.63, 3.8) is 0 Å². The molecule has 7 nitrogen and oxygen atoms in total. The fraction of sp³-hybridized carbons (Fsp3) is 0.647. The van der Waals surface area contributed by atoms with Crippen molar-refractivity contribution in [3.05, 3.63) is 22.1 Å². The summed E-state index contributed by atoms with van der Waals surface area (Å²) >= 11 is 1.41. The zero-order valence-corrected chi connectivity index (χ0v) is 15.2. The number of hydrogen-bond acceptors (Lipinski definition) is 6. The molecule has 1 saturated carbocycles. The van der Waals surface area contributed by atoms with Gasteiger partial charge in [-0.15, -0.1) is 5.10 Å². The van der Waals surface area contributed by atoms with Crippen LogP contribution >= 0.6 is 11.3 Å². The van der Waals surface area contributed by atoms with Crippen LogP contribution in [0.5, 0.6) is 0 Å². The van der Waals surface area contributed by atoms with Gasteiger partial charge in [-0.3, -0.25) is 9.59 Å². The largest absolute Gasteiger partial charge is 0.349 e. The van der Waals surface area contributed by atoms with Crippen LogP contribution in [0.2, 0.25) is 0 Å². The second kappa shape index (κ2) is 6.74. The van der Waals surface area contributed by atoms with E-state index in [2.05, 4.69) is 27.2 Å². The highest BCUT2D eigenvalue weighted by atomic mass is 32.1. The number of carbonyl (C=O) groups excluding carboxylic acids is 1. The van der Waals surface area contributed by atoms with Crippen LogP contribution in [0.25, 0.3) is 4.96 Å². The van der Waals surface area contributed by atoms with E-state index in [9.17, 15) is 9.59 Å². The summed E-state index contributed by atoms with van der Waals surface area (Å²) in [5, 5.41) is 8.21. The summed E-state index contributed by atoms with van der Waals surface area (Å²) in [5.74, 6) is 0.290. The fourth-order valence-electron chi connectivity index (χ4n) is 3.76. The van der Waals surface area contributed by atoms with Crippen molar-refractivity contribution in [3.8, 4) is 0 Å². The lowest BCUT2D eigenvalue weighted by Gasteiger charge is -2.30. The molecule has 4 rings (SSSR count). The highest BCUT2D eigenvalue weighted by molar-refractivity contribution is 7.20. The first kappa shape index (κ1) is 16.5. The lowest BCUT2D eigenvalue weighted by molar-refractivity contribution is 0.0935. The Balaban J connectivity index is 1.61. The summed E-state index contributed by atoms with van der Waals surface area (Å²) in [6.45, 7) is 4.13. The minimum atomic E-state index is -0.381. The molecule has 1 unspecified atom stereocenters. The summed E-state index contributed by atoms with van der Waals surface area (Å²) in [7, 11) is 0. The van der Waals surface area contributed by atoms with Gasteiger partial charge in [-0.1, -0.05) is 31.1 Å². The first-order chi connectivity index (χ1) is 12.1. The topological polar surface area (TPSA) is 79.6 Å². The van der Waals surface area contributed by atoms with Gasteiger partial charge in [0.1, 0.15) is 5.56 Å². The van der Waals surface area contributed by atoms with Gasteiger partial charge < -0.3 is 10.2 Å². The third kappa shape index (κ3) is 3.27. The van der Waals surface area contributed by atoms with Gasteiger partial charge >= 0.3 is 0 Å². The Labute approximate surface area is 150 Å². The Hall–Kier alpha value is -1.96. The Kier molecular flexibility index (Phi) is 4.45. The molecule has 0 radical (unpaired) electrons. The van der Waals surface area contributed by atoms with Gasteiger partial charge in [-0.2, -0.15) is 4.52 Å². The second-order valence-corrected chi connectivity index (χ2v) is 8.14. The molecule has 8 heteroatoms. The standard InChI is InChI=1S/C17H23N5O2S/c1-11-5-4-8-21(10-11)17-20-22-15(24)13(9-18-16(22)25-17)14(23)19-12-6-2-3-7-12/h9,11-12H,2-8,10H2,1H3,(H,19,23). The molecule has 1 amide bonds. The van der Waals surface area contributed by atoms with Crippen molar-refractivity contribution in [2.75, 3.05) is 18.0 Å². The van der Waals surface area contributed by atoms with Crippen LogP contribution in [0, 0.1) is 5.92 Å². The predicted molar refractivity (Wildman–Crippen MR) is 97.5 cm³/mol. The summed E-state index contributed by atoms with van der Waals surface area (Å²) in [5.41, 5.74) is -0.304. The highest BCUT2D eigenvalue weighted by Crippen LogP contribution is 2.26. The van der Waals surface area contributed by atoms with Gasteiger partial charge in [0.2, 0.25) is 10.1 Å². The highest BCUT2D eigenvalue weighted by Gasteiger charge is 2.23. The number of hydrogen-bond donors (Lipinski definition) is 1. The van der Waals surface area contributed by atoms with E-state index in [0.717, 1.165) is 50.3 Å². The number of piperidine rings is 1. The third-order valence-corrected chi connectivity index (χ3v) is 6.12. The van der Waals surface area contributed by atoms with Crippen molar-refractivity contribution in [1.82, 2.24) is 19.9 Å². The van der Waals surface area contributed by atoms with E-state index in [1.165, 1.54) is 28.5 Å². The van der Waals surface area contributed by atoms with Crippen molar-refractivity contribution < 1.29 is 4.79 Å². The van der Waals surface area contributed by atoms with Crippen LogP contribution in [-0.2, 0) is 0 Å². The SMILES string of the molecule is CC1CCCN(c2nn3c(=O)c(C(=O)NC4CCCC4)cnc3s2)C1. The van der Waals surface area contributed by atoms with Crippen molar-refractivity contribution in [2.45, 2.75) is 51.5 Å². The molecule has 1 aliphatic carbocycles. The van der Waals surface area contributed by atoms with E-state index >= 15 is 0 Å². The predicted octanol–water partition coefficient (Wildman–Crippen LogP) is 2.06. The molecular formula is C17H23N5O2S. The van der Waals surface area contributed by atoms with Gasteiger partial charge in [0.05, 0.1) is 0 Å². The maximum atomic E-state index is 12.7. The zero-order chi connectivity index (χ0) is 17.4. The van der Waals surface area contributed by atoms with Crippen molar-refractivity contribution >= 4 is 27.3 Å². The minimum Gasteiger partial charge on any atom is -0.349 e. The number of aromatic nitrogens is 3. The minimum absolute atomic E-state index is 0.0771. The zero-order valence-electron chi connectivity index (χ0n) is 14.4. The molecule has 0 aromatic carbocycles. The molecule has 2 aromatic heterocycles. The number of nitrogens with zero attached hydrogens (tertiary/aromatic N) is 4. The lowest BCUT2D eigenvalue weighted by Crippen LogP contribution is -2.37. The quantitative estimate of drug-likeness (QED) is 0.905. The van der Waals surface area contributed by atoms with Gasteiger partial charge in [0.25, 0.3) is 11.5 Å². The number of anilines is 1. The monoisotopic (exact) mass is 361 g/mol. The molecule has 2 aliphatic rings. The lowest BCUT2D eigenvalue weighted by atomic mass is 10.0. The third-order valence-electron chi connectivity index (χ3n) is 5.14. The van der Waals surface area contributed by atoms with Gasteiger partial charge in [-0.05, 0) is 31.6 Å². The molecular weight excluding hydrogens is 338 g/mol. The van der Waals surface area contributed by atoms with Crippen LogP contribution in [0.3, 0.4) is 0 Å². The maximum Gasteiger partial charge on any atom is 0.288 e. The molecule has 25 heavy (non-hydrogen) atoms. The summed E-state index contributed by atoms with van der Waals surface area (Å²) < 4.78 is 1.28. The maximum absolute atomic E-state index is 12.7. The summed E-state index contributed by atoms with van der Waals surface area (Å²) in [4.78, 5) is 32.2. The van der Waals surface area contributed by atoms with Crippen LogP contribution in [0.15, 0.2) is 11.0 Å². The van der Waals surface area contributed by atoms with E-state index in [1.54, 1.807) is 0 Å². The first-order valence-corrected chi connectivity index (χ1v) is 9.88. The van der Waals surface area contributed by atoms with E-state index in [4.69, 9.17) is 0 Å². The number of carbonyl (C=O) groups is 1. The number of rotatable bonds is 3. The molecule has 2 fully saturated rings. The van der Waals surface area contributed by atoms with Crippen LogP contribution in [0.4, 0.5) is 5.13 Å². The molecule has 134 valence electrons. The van der Waals surface area contributed by atoms with Crippen LogP contribution < -0.4 is 15.8 Å². The normalized spacial score (nSPS) is 21.8. The van der Waals surface area contributed by atoms with E-state index in [0.29, 0.717) is 10.9 Å². The fourth-order valence-corrected chi connectivity index (χ4v) is 4.65. The van der Waals surface area contributed by atoms with Crippen LogP contribution in [-0.4, -0.2) is 39.6 Å². The smallest absolute Gasteiger partial charge is 0.288 e. The number of nitrogens with one attached hydrogen (secondary N) is 1. The Morgan fingerprint density at radius 1 is 1.28 bits per heavy atom. The molecule has 2 aromatic rings. The Morgan fingerprint density at radius 3 is 2.84 bits per heavy atom. The average Bonchev–Trinajstić information content (AvgIpc) is 3.24. The molecule has 1 saturated heterocycles.